The minimum Gasteiger partial charge on any atom is -0.0845 e. The second-order valence-corrected chi connectivity index (χ2v) is 8.89. The zero-order valence-corrected chi connectivity index (χ0v) is 19.0. The molecule has 1 rings (SSSR count). The molecule has 0 spiro atoms. The van der Waals surface area contributed by atoms with Gasteiger partial charge in [-0.25, -0.2) is 0 Å². The molecule has 0 radical (unpaired) electrons. The minimum atomic E-state index is 1.24. The van der Waals surface area contributed by atoms with Gasteiger partial charge in [-0.2, -0.15) is 0 Å². The van der Waals surface area contributed by atoms with Gasteiger partial charge in [-0.15, -0.1) is 0 Å². The van der Waals surface area contributed by atoms with E-state index in [9.17, 15) is 0 Å². The molecule has 0 aromatic heterocycles. The van der Waals surface area contributed by atoms with Crippen LogP contribution >= 0.6 is 0 Å². The first kappa shape index (κ1) is 25.3. The largest absolute Gasteiger partial charge is 0.0845 e. The van der Waals surface area contributed by atoms with Crippen molar-refractivity contribution in [3.63, 3.8) is 0 Å². The van der Waals surface area contributed by atoms with Crippen molar-refractivity contribution in [1.29, 1.82) is 0 Å². The summed E-state index contributed by atoms with van der Waals surface area (Å²) >= 11 is 0. The van der Waals surface area contributed by atoms with Crippen molar-refractivity contribution in [3.05, 3.63) is 36.5 Å². The Labute approximate surface area is 178 Å². The molecule has 0 aromatic carbocycles. The molecule has 28 heavy (non-hydrogen) atoms. The first-order valence-corrected chi connectivity index (χ1v) is 13.0. The average molecular weight is 387 g/mol. The van der Waals surface area contributed by atoms with Gasteiger partial charge in [0.25, 0.3) is 0 Å². The van der Waals surface area contributed by atoms with E-state index in [0.717, 1.165) is 0 Å². The van der Waals surface area contributed by atoms with E-state index in [2.05, 4.69) is 36.5 Å². The second-order valence-electron chi connectivity index (χ2n) is 8.89. The van der Waals surface area contributed by atoms with Crippen LogP contribution in [0.1, 0.15) is 141 Å². The van der Waals surface area contributed by atoms with E-state index < -0.39 is 0 Å². The van der Waals surface area contributed by atoms with Gasteiger partial charge in [0.05, 0.1) is 0 Å². The third kappa shape index (κ3) is 20.0. The first-order chi connectivity index (χ1) is 14.0. The summed E-state index contributed by atoms with van der Waals surface area (Å²) < 4.78 is 0. The Bertz CT molecular complexity index is 337. The van der Waals surface area contributed by atoms with Gasteiger partial charge >= 0.3 is 0 Å². The van der Waals surface area contributed by atoms with Crippen molar-refractivity contribution < 1.29 is 0 Å². The number of hydrogen-bond acceptors (Lipinski definition) is 0. The molecule has 0 N–H and O–H groups in total. The summed E-state index contributed by atoms with van der Waals surface area (Å²) in [4.78, 5) is 0. The molecule has 0 saturated heterocycles. The van der Waals surface area contributed by atoms with Crippen molar-refractivity contribution in [1.82, 2.24) is 0 Å². The standard InChI is InChI=1S/C28H50/c1-2-4-6-8-10-12-14-16-18-20-22-24-26-28-27-25-23-21-19-17-15-13-11-9-7-5-3-1/h1-6H,7-28H2/b2-1-,5-3-,6-4?. The van der Waals surface area contributed by atoms with Crippen LogP contribution in [0.15, 0.2) is 36.5 Å². The molecule has 0 unspecified atom stereocenters. The van der Waals surface area contributed by atoms with Crippen LogP contribution in [-0.2, 0) is 0 Å². The predicted octanol–water partition coefficient (Wildman–Crippen LogP) is 10.3. The fraction of sp³-hybridized carbons (Fsp3) is 0.786. The monoisotopic (exact) mass is 386 g/mol. The van der Waals surface area contributed by atoms with Crippen molar-refractivity contribution in [2.75, 3.05) is 0 Å². The van der Waals surface area contributed by atoms with E-state index in [4.69, 9.17) is 0 Å². The Morgan fingerprint density at radius 3 is 0.679 bits per heavy atom. The molecule has 0 fully saturated rings. The lowest BCUT2D eigenvalue weighted by molar-refractivity contribution is 0.521. The third-order valence-electron chi connectivity index (χ3n) is 6.10. The summed E-state index contributed by atoms with van der Waals surface area (Å²) in [5.74, 6) is 0. The molecular weight excluding hydrogens is 336 g/mol. The van der Waals surface area contributed by atoms with E-state index in [0.29, 0.717) is 0 Å². The maximum atomic E-state index is 2.33. The molecule has 0 heterocycles. The quantitative estimate of drug-likeness (QED) is 0.388. The van der Waals surface area contributed by atoms with E-state index in [1.54, 1.807) is 0 Å². The zero-order chi connectivity index (χ0) is 19.8. The predicted molar refractivity (Wildman–Crippen MR) is 129 cm³/mol. The van der Waals surface area contributed by atoms with Crippen LogP contribution < -0.4 is 0 Å². The van der Waals surface area contributed by atoms with E-state index in [1.165, 1.54) is 141 Å². The van der Waals surface area contributed by atoms with Gasteiger partial charge in [0.15, 0.2) is 0 Å². The molecule has 0 heteroatoms. The fourth-order valence-corrected chi connectivity index (χ4v) is 4.18. The average Bonchev–Trinajstić information content (AvgIpc) is 2.71. The topological polar surface area (TPSA) is 0 Å². The van der Waals surface area contributed by atoms with Crippen LogP contribution in [0.4, 0.5) is 0 Å². The van der Waals surface area contributed by atoms with Crippen LogP contribution in [0.2, 0.25) is 0 Å². The van der Waals surface area contributed by atoms with E-state index in [1.807, 2.05) is 0 Å². The highest BCUT2D eigenvalue weighted by Crippen LogP contribution is 2.15. The lowest BCUT2D eigenvalue weighted by Gasteiger charge is -2.04. The van der Waals surface area contributed by atoms with Crippen LogP contribution in [0.3, 0.4) is 0 Å². The molecule has 0 atom stereocenters. The fourth-order valence-electron chi connectivity index (χ4n) is 4.18. The Hall–Kier alpha value is -0.780. The highest BCUT2D eigenvalue weighted by Gasteiger charge is 1.95. The molecular formula is C28H50. The molecule has 1 aliphatic rings. The lowest BCUT2D eigenvalue weighted by atomic mass is 10.0. The molecule has 0 aromatic rings. The Balaban J connectivity index is 2.12. The Morgan fingerprint density at radius 2 is 0.429 bits per heavy atom. The summed E-state index contributed by atoms with van der Waals surface area (Å²) in [6.45, 7) is 0. The third-order valence-corrected chi connectivity index (χ3v) is 6.10. The summed E-state index contributed by atoms with van der Waals surface area (Å²) in [6.07, 6.45) is 45.0. The highest BCUT2D eigenvalue weighted by atomic mass is 14.0. The number of hydrogen-bond donors (Lipinski definition) is 0. The van der Waals surface area contributed by atoms with Crippen LogP contribution in [0, 0.1) is 0 Å². The van der Waals surface area contributed by atoms with E-state index in [-0.39, 0.29) is 0 Å². The van der Waals surface area contributed by atoms with E-state index >= 15 is 0 Å². The Kier molecular flexibility index (Phi) is 20.3. The molecule has 0 bridgehead atoms. The highest BCUT2D eigenvalue weighted by molar-refractivity contribution is 5.10. The van der Waals surface area contributed by atoms with Crippen molar-refractivity contribution in [2.24, 2.45) is 0 Å². The van der Waals surface area contributed by atoms with Gasteiger partial charge in [-0.1, -0.05) is 152 Å². The molecule has 0 aliphatic heterocycles. The normalized spacial score (nSPS) is 24.6. The van der Waals surface area contributed by atoms with Crippen LogP contribution in [-0.4, -0.2) is 0 Å². The first-order valence-electron chi connectivity index (χ1n) is 13.0. The zero-order valence-electron chi connectivity index (χ0n) is 19.0. The van der Waals surface area contributed by atoms with Gasteiger partial charge in [0.1, 0.15) is 0 Å². The minimum absolute atomic E-state index is 1.24. The van der Waals surface area contributed by atoms with Gasteiger partial charge in [0, 0.05) is 0 Å². The molecule has 0 nitrogen and oxygen atoms in total. The lowest BCUT2D eigenvalue weighted by Crippen LogP contribution is -1.84. The molecule has 0 saturated carbocycles. The van der Waals surface area contributed by atoms with Crippen LogP contribution in [0.5, 0.6) is 0 Å². The van der Waals surface area contributed by atoms with Gasteiger partial charge in [-0.05, 0) is 25.7 Å². The summed E-state index contributed by atoms with van der Waals surface area (Å²) in [7, 11) is 0. The summed E-state index contributed by atoms with van der Waals surface area (Å²) in [5, 5.41) is 0. The summed E-state index contributed by atoms with van der Waals surface area (Å²) in [5.41, 5.74) is 0. The maximum Gasteiger partial charge on any atom is -0.0348 e. The smallest absolute Gasteiger partial charge is 0.0348 e. The molecule has 1 aliphatic carbocycles. The van der Waals surface area contributed by atoms with Crippen molar-refractivity contribution >= 4 is 0 Å². The maximum absolute atomic E-state index is 2.33. The SMILES string of the molecule is C1=CCCCCCCCCCCCCCCCCCCCCCC/C=C\C=C/1. The summed E-state index contributed by atoms with van der Waals surface area (Å²) in [6, 6.07) is 0. The van der Waals surface area contributed by atoms with Crippen LogP contribution in [0.25, 0.3) is 0 Å². The molecule has 0 amide bonds. The van der Waals surface area contributed by atoms with Gasteiger partial charge < -0.3 is 0 Å². The van der Waals surface area contributed by atoms with Gasteiger partial charge in [0.2, 0.25) is 0 Å². The van der Waals surface area contributed by atoms with Crippen molar-refractivity contribution in [3.8, 4) is 0 Å². The number of allylic oxidation sites excluding steroid dienone is 6. The second kappa shape index (κ2) is 22.5. The Morgan fingerprint density at radius 1 is 0.214 bits per heavy atom. The molecule has 162 valence electrons. The number of rotatable bonds is 0. The van der Waals surface area contributed by atoms with Crippen molar-refractivity contribution in [2.45, 2.75) is 141 Å². The van der Waals surface area contributed by atoms with Gasteiger partial charge in [-0.3, -0.25) is 0 Å².